The summed E-state index contributed by atoms with van der Waals surface area (Å²) in [7, 11) is 1.56. The number of amides is 1. The summed E-state index contributed by atoms with van der Waals surface area (Å²) in [5.41, 5.74) is 0.793. The second-order valence-corrected chi connectivity index (χ2v) is 6.07. The first-order valence-corrected chi connectivity index (χ1v) is 8.25. The fraction of sp³-hybridized carbons (Fsp3) is 0.188. The van der Waals surface area contributed by atoms with Gasteiger partial charge in [-0.25, -0.2) is 9.36 Å². The van der Waals surface area contributed by atoms with E-state index in [1.807, 2.05) is 0 Å². The highest BCUT2D eigenvalue weighted by Crippen LogP contribution is 2.27. The molecule has 26 heavy (non-hydrogen) atoms. The molecule has 0 fully saturated rings. The second kappa shape index (κ2) is 8.22. The highest BCUT2D eigenvalue weighted by molar-refractivity contribution is 6.35. The third-order valence-corrected chi connectivity index (χ3v) is 3.80. The van der Waals surface area contributed by atoms with E-state index < -0.39 is 0 Å². The Balaban J connectivity index is 1.58. The average molecular weight is 396 g/mol. The Morgan fingerprint density at radius 3 is 2.85 bits per heavy atom. The Labute approximate surface area is 159 Å². The summed E-state index contributed by atoms with van der Waals surface area (Å²) in [6.45, 7) is 0.398. The molecule has 0 unspecified atom stereocenters. The van der Waals surface area contributed by atoms with E-state index in [-0.39, 0.29) is 18.3 Å². The Morgan fingerprint density at radius 2 is 2.08 bits per heavy atom. The van der Waals surface area contributed by atoms with Crippen molar-refractivity contribution >= 4 is 34.8 Å². The van der Waals surface area contributed by atoms with Crippen molar-refractivity contribution in [1.82, 2.24) is 19.6 Å². The summed E-state index contributed by atoms with van der Waals surface area (Å²) < 4.78 is 13.6. The molecule has 1 aromatic carbocycles. The van der Waals surface area contributed by atoms with E-state index in [1.54, 1.807) is 48.5 Å². The van der Waals surface area contributed by atoms with E-state index >= 15 is 0 Å². The van der Waals surface area contributed by atoms with Gasteiger partial charge in [0.1, 0.15) is 12.5 Å². The van der Waals surface area contributed by atoms with Crippen molar-refractivity contribution < 1.29 is 14.3 Å². The summed E-state index contributed by atoms with van der Waals surface area (Å²) >= 11 is 11.9. The van der Waals surface area contributed by atoms with Crippen LogP contribution in [0.25, 0.3) is 0 Å². The van der Waals surface area contributed by atoms with Gasteiger partial charge in [0.25, 0.3) is 5.91 Å². The SMILES string of the molecule is COCn1cc(NC(=O)c2ccn(COc3ccc(Cl)cc3Cl)n2)cn1. The summed E-state index contributed by atoms with van der Waals surface area (Å²) in [5, 5.41) is 11.8. The number of halogens is 2. The van der Waals surface area contributed by atoms with E-state index in [0.717, 1.165) is 0 Å². The summed E-state index contributed by atoms with van der Waals surface area (Å²) in [6.07, 6.45) is 4.82. The Hall–Kier alpha value is -2.55. The third kappa shape index (κ3) is 4.54. The Morgan fingerprint density at radius 1 is 1.23 bits per heavy atom. The largest absolute Gasteiger partial charge is 0.470 e. The molecule has 8 nitrogen and oxygen atoms in total. The smallest absolute Gasteiger partial charge is 0.276 e. The van der Waals surface area contributed by atoms with E-state index in [1.165, 1.54) is 10.9 Å². The molecule has 0 bridgehead atoms. The number of hydrogen-bond acceptors (Lipinski definition) is 5. The summed E-state index contributed by atoms with van der Waals surface area (Å²) in [6, 6.07) is 6.51. The maximum Gasteiger partial charge on any atom is 0.276 e. The van der Waals surface area contributed by atoms with Crippen LogP contribution >= 0.6 is 23.2 Å². The minimum Gasteiger partial charge on any atom is -0.470 e. The molecule has 10 heteroatoms. The number of rotatable bonds is 7. The predicted octanol–water partition coefficient (Wildman–Crippen LogP) is 3.28. The fourth-order valence-electron chi connectivity index (χ4n) is 2.11. The van der Waals surface area contributed by atoms with Gasteiger partial charge in [0.05, 0.1) is 23.1 Å². The number of benzene rings is 1. The van der Waals surface area contributed by atoms with E-state index in [9.17, 15) is 4.79 Å². The Kier molecular flexibility index (Phi) is 5.77. The molecule has 0 atom stereocenters. The predicted molar refractivity (Wildman–Crippen MR) is 96.5 cm³/mol. The van der Waals surface area contributed by atoms with Crippen LogP contribution < -0.4 is 10.1 Å². The molecular formula is C16H15Cl2N5O3. The third-order valence-electron chi connectivity index (χ3n) is 3.27. The van der Waals surface area contributed by atoms with Crippen LogP contribution in [0.1, 0.15) is 10.5 Å². The lowest BCUT2D eigenvalue weighted by atomic mass is 10.3. The molecule has 0 aliphatic heterocycles. The number of ether oxygens (including phenoxy) is 2. The zero-order valence-corrected chi connectivity index (χ0v) is 15.2. The van der Waals surface area contributed by atoms with Crippen LogP contribution in [0.2, 0.25) is 10.0 Å². The molecule has 1 N–H and O–H groups in total. The molecule has 0 aliphatic rings. The van der Waals surface area contributed by atoms with Gasteiger partial charge in [-0.15, -0.1) is 0 Å². The highest BCUT2D eigenvalue weighted by atomic mass is 35.5. The molecular weight excluding hydrogens is 381 g/mol. The summed E-state index contributed by atoms with van der Waals surface area (Å²) in [4.78, 5) is 12.2. The maximum atomic E-state index is 12.2. The van der Waals surface area contributed by atoms with Crippen molar-refractivity contribution in [3.05, 3.63) is 58.6 Å². The minimum atomic E-state index is -0.356. The first-order chi connectivity index (χ1) is 12.5. The topological polar surface area (TPSA) is 83.2 Å². The number of nitrogens with one attached hydrogen (secondary N) is 1. The number of anilines is 1. The second-order valence-electron chi connectivity index (χ2n) is 5.23. The van der Waals surface area contributed by atoms with E-state index in [2.05, 4.69) is 15.5 Å². The van der Waals surface area contributed by atoms with Crippen LogP contribution in [0.3, 0.4) is 0 Å². The lowest BCUT2D eigenvalue weighted by molar-refractivity contribution is 0.102. The number of nitrogens with zero attached hydrogens (tertiary/aromatic N) is 4. The normalized spacial score (nSPS) is 10.7. The first kappa shape index (κ1) is 18.2. The molecule has 0 saturated carbocycles. The number of carbonyl (C=O) groups is 1. The van der Waals surface area contributed by atoms with Gasteiger partial charge in [0, 0.05) is 18.3 Å². The highest BCUT2D eigenvalue weighted by Gasteiger charge is 2.11. The van der Waals surface area contributed by atoms with Gasteiger partial charge in [0.15, 0.2) is 12.4 Å². The standard InChI is InChI=1S/C16H15Cl2N5O3/c1-25-9-23-8-12(7-19-23)20-16(24)14-4-5-22(21-14)10-26-15-3-2-11(17)6-13(15)18/h2-8H,9-10H2,1H3,(H,20,24). The van der Waals surface area contributed by atoms with Crippen LogP contribution in [0.5, 0.6) is 5.75 Å². The van der Waals surface area contributed by atoms with Crippen molar-refractivity contribution in [2.45, 2.75) is 13.5 Å². The summed E-state index contributed by atoms with van der Waals surface area (Å²) in [5.74, 6) is 0.119. The van der Waals surface area contributed by atoms with E-state index in [0.29, 0.717) is 28.2 Å². The fourth-order valence-corrected chi connectivity index (χ4v) is 2.57. The number of methoxy groups -OCH3 is 1. The molecule has 0 spiro atoms. The molecule has 2 heterocycles. The van der Waals surface area contributed by atoms with Gasteiger partial charge in [-0.2, -0.15) is 10.2 Å². The van der Waals surface area contributed by atoms with E-state index in [4.69, 9.17) is 32.7 Å². The average Bonchev–Trinajstić information content (AvgIpc) is 3.24. The van der Waals surface area contributed by atoms with Crippen LogP contribution in [0.4, 0.5) is 5.69 Å². The van der Waals surface area contributed by atoms with Gasteiger partial charge in [-0.3, -0.25) is 4.79 Å². The number of carbonyl (C=O) groups excluding carboxylic acids is 1. The lowest BCUT2D eigenvalue weighted by Gasteiger charge is -2.08. The zero-order valence-electron chi connectivity index (χ0n) is 13.7. The van der Waals surface area contributed by atoms with Crippen molar-refractivity contribution in [3.63, 3.8) is 0 Å². The van der Waals surface area contributed by atoms with Crippen molar-refractivity contribution in [2.24, 2.45) is 0 Å². The van der Waals surface area contributed by atoms with Crippen molar-refractivity contribution in [2.75, 3.05) is 12.4 Å². The van der Waals surface area contributed by atoms with Crippen LogP contribution in [0.15, 0.2) is 42.9 Å². The molecule has 0 saturated heterocycles. The zero-order chi connectivity index (χ0) is 18.5. The van der Waals surface area contributed by atoms with Gasteiger partial charge in [-0.1, -0.05) is 23.2 Å². The number of aromatic nitrogens is 4. The van der Waals surface area contributed by atoms with Crippen molar-refractivity contribution in [3.8, 4) is 5.75 Å². The quantitative estimate of drug-likeness (QED) is 0.663. The molecule has 3 rings (SSSR count). The monoisotopic (exact) mass is 395 g/mol. The van der Waals surface area contributed by atoms with Crippen LogP contribution in [-0.2, 0) is 18.2 Å². The van der Waals surface area contributed by atoms with Crippen LogP contribution in [-0.4, -0.2) is 32.6 Å². The molecule has 2 aromatic heterocycles. The molecule has 0 aliphatic carbocycles. The van der Waals surface area contributed by atoms with Gasteiger partial charge in [-0.05, 0) is 24.3 Å². The lowest BCUT2D eigenvalue weighted by Crippen LogP contribution is -2.14. The van der Waals surface area contributed by atoms with Gasteiger partial charge >= 0.3 is 0 Å². The van der Waals surface area contributed by atoms with Gasteiger partial charge < -0.3 is 14.8 Å². The number of hydrogen-bond donors (Lipinski definition) is 1. The molecule has 0 radical (unpaired) electrons. The Bertz CT molecular complexity index is 909. The first-order valence-electron chi connectivity index (χ1n) is 7.49. The van der Waals surface area contributed by atoms with Crippen LogP contribution in [0, 0.1) is 0 Å². The maximum absolute atomic E-state index is 12.2. The molecule has 1 amide bonds. The molecule has 136 valence electrons. The van der Waals surface area contributed by atoms with Gasteiger partial charge in [0.2, 0.25) is 0 Å². The molecule has 3 aromatic rings. The van der Waals surface area contributed by atoms with Crippen molar-refractivity contribution in [1.29, 1.82) is 0 Å². The minimum absolute atomic E-state index is 0.0976.